The smallest absolute Gasteiger partial charge is 0.317 e. The molecule has 2 fully saturated rings. The molecule has 6 heteroatoms. The van der Waals surface area contributed by atoms with Gasteiger partial charge in [-0.1, -0.05) is 6.07 Å². The molecule has 2 saturated heterocycles. The SMILES string of the molecule is O=C(NCCCc1ccc2c(n1)NCCC2)N1CC2CCC(C1)N2. The normalized spacial score (nSPS) is 25.1. The lowest BCUT2D eigenvalue weighted by atomic mass is 10.1. The quantitative estimate of drug-likeness (QED) is 0.733. The maximum atomic E-state index is 12.3. The number of amides is 2. The van der Waals surface area contributed by atoms with Crippen LogP contribution in [0.4, 0.5) is 10.6 Å². The van der Waals surface area contributed by atoms with Crippen molar-refractivity contribution in [1.82, 2.24) is 20.5 Å². The summed E-state index contributed by atoms with van der Waals surface area (Å²) >= 11 is 0. The fourth-order valence-electron chi connectivity index (χ4n) is 4.05. The summed E-state index contributed by atoms with van der Waals surface area (Å²) in [4.78, 5) is 19.0. The highest BCUT2D eigenvalue weighted by molar-refractivity contribution is 5.74. The van der Waals surface area contributed by atoms with Crippen LogP contribution in [-0.2, 0) is 12.8 Å². The molecule has 24 heavy (non-hydrogen) atoms. The lowest BCUT2D eigenvalue weighted by molar-refractivity contribution is 0.175. The summed E-state index contributed by atoms with van der Waals surface area (Å²) in [6.07, 6.45) is 6.55. The van der Waals surface area contributed by atoms with E-state index >= 15 is 0 Å². The molecule has 3 aliphatic rings. The standard InChI is InChI=1S/C18H27N5O/c24-18(23-11-15-7-8-16(12-23)21-15)20-10-2-4-14-6-5-13-3-1-9-19-17(13)22-14/h5-6,15-16,21H,1-4,7-12H2,(H,19,22)(H,20,24). The second-order valence-corrected chi connectivity index (χ2v) is 7.22. The van der Waals surface area contributed by atoms with Crippen molar-refractivity contribution >= 4 is 11.8 Å². The van der Waals surface area contributed by atoms with Gasteiger partial charge in [0, 0.05) is 44.0 Å². The summed E-state index contributed by atoms with van der Waals surface area (Å²) in [5.74, 6) is 1.05. The molecule has 2 amide bonds. The Morgan fingerprint density at radius 1 is 1.29 bits per heavy atom. The van der Waals surface area contributed by atoms with Crippen LogP contribution in [-0.4, -0.2) is 54.2 Å². The van der Waals surface area contributed by atoms with Gasteiger partial charge >= 0.3 is 6.03 Å². The molecule has 2 atom stereocenters. The van der Waals surface area contributed by atoms with Gasteiger partial charge < -0.3 is 20.9 Å². The molecule has 3 N–H and O–H groups in total. The van der Waals surface area contributed by atoms with Gasteiger partial charge in [0.05, 0.1) is 0 Å². The highest BCUT2D eigenvalue weighted by Gasteiger charge is 2.33. The summed E-state index contributed by atoms with van der Waals surface area (Å²) in [7, 11) is 0. The first-order chi connectivity index (χ1) is 11.8. The van der Waals surface area contributed by atoms with Crippen molar-refractivity contribution < 1.29 is 4.79 Å². The van der Waals surface area contributed by atoms with Gasteiger partial charge in [0.25, 0.3) is 0 Å². The number of nitrogens with one attached hydrogen (secondary N) is 3. The molecular weight excluding hydrogens is 302 g/mol. The number of hydrogen-bond acceptors (Lipinski definition) is 4. The highest BCUT2D eigenvalue weighted by Crippen LogP contribution is 2.21. The average molecular weight is 329 g/mol. The molecule has 0 saturated carbocycles. The second-order valence-electron chi connectivity index (χ2n) is 7.22. The Kier molecular flexibility index (Phi) is 4.56. The Morgan fingerprint density at radius 3 is 2.96 bits per heavy atom. The minimum Gasteiger partial charge on any atom is -0.370 e. The molecule has 130 valence electrons. The number of nitrogens with zero attached hydrogens (tertiary/aromatic N) is 2. The van der Waals surface area contributed by atoms with Crippen molar-refractivity contribution in [2.45, 2.75) is 50.6 Å². The first kappa shape index (κ1) is 15.7. The Labute approximate surface area is 143 Å². The molecule has 4 heterocycles. The predicted molar refractivity (Wildman–Crippen MR) is 94.3 cm³/mol. The summed E-state index contributed by atoms with van der Waals surface area (Å²) in [5, 5.41) is 10.00. The molecule has 2 bridgehead atoms. The van der Waals surface area contributed by atoms with E-state index in [1.807, 2.05) is 4.90 Å². The van der Waals surface area contributed by atoms with E-state index in [1.165, 1.54) is 24.8 Å². The topological polar surface area (TPSA) is 69.3 Å². The van der Waals surface area contributed by atoms with E-state index in [-0.39, 0.29) is 6.03 Å². The summed E-state index contributed by atoms with van der Waals surface area (Å²) in [5.41, 5.74) is 2.43. The van der Waals surface area contributed by atoms with E-state index in [0.29, 0.717) is 18.6 Å². The van der Waals surface area contributed by atoms with Gasteiger partial charge in [-0.25, -0.2) is 9.78 Å². The van der Waals surface area contributed by atoms with Gasteiger partial charge in [0.1, 0.15) is 5.82 Å². The Balaban J connectivity index is 1.21. The van der Waals surface area contributed by atoms with Crippen molar-refractivity contribution in [3.63, 3.8) is 0 Å². The van der Waals surface area contributed by atoms with E-state index in [2.05, 4.69) is 28.1 Å². The number of hydrogen-bond donors (Lipinski definition) is 3. The van der Waals surface area contributed by atoms with Crippen LogP contribution in [0.15, 0.2) is 12.1 Å². The molecule has 6 nitrogen and oxygen atoms in total. The van der Waals surface area contributed by atoms with Gasteiger partial charge in [0.2, 0.25) is 0 Å². The van der Waals surface area contributed by atoms with Crippen LogP contribution in [0.2, 0.25) is 0 Å². The number of pyridine rings is 1. The average Bonchev–Trinajstić information content (AvgIpc) is 2.96. The third-order valence-electron chi connectivity index (χ3n) is 5.34. The third kappa shape index (κ3) is 3.48. The van der Waals surface area contributed by atoms with Crippen molar-refractivity contribution in [2.24, 2.45) is 0 Å². The second kappa shape index (κ2) is 6.97. The van der Waals surface area contributed by atoms with Gasteiger partial charge in [-0.15, -0.1) is 0 Å². The van der Waals surface area contributed by atoms with E-state index < -0.39 is 0 Å². The van der Waals surface area contributed by atoms with Crippen LogP contribution in [0.5, 0.6) is 0 Å². The van der Waals surface area contributed by atoms with Crippen LogP contribution in [0, 0.1) is 0 Å². The Bertz CT molecular complexity index is 593. The summed E-state index contributed by atoms with van der Waals surface area (Å²) in [6, 6.07) is 5.41. The number of piperazine rings is 1. The zero-order valence-electron chi connectivity index (χ0n) is 14.2. The van der Waals surface area contributed by atoms with Crippen LogP contribution >= 0.6 is 0 Å². The number of aryl methyl sites for hydroxylation is 2. The fraction of sp³-hybridized carbons (Fsp3) is 0.667. The Hall–Kier alpha value is -1.82. The van der Waals surface area contributed by atoms with Crippen LogP contribution in [0.1, 0.15) is 36.9 Å². The van der Waals surface area contributed by atoms with Crippen LogP contribution in [0.25, 0.3) is 0 Å². The fourth-order valence-corrected chi connectivity index (χ4v) is 4.05. The van der Waals surface area contributed by atoms with E-state index in [1.54, 1.807) is 0 Å². The predicted octanol–water partition coefficient (Wildman–Crippen LogP) is 1.52. The summed E-state index contributed by atoms with van der Waals surface area (Å²) in [6.45, 7) is 3.43. The van der Waals surface area contributed by atoms with Crippen molar-refractivity contribution in [3.05, 3.63) is 23.4 Å². The molecule has 4 rings (SSSR count). The first-order valence-electron chi connectivity index (χ1n) is 9.29. The zero-order chi connectivity index (χ0) is 16.4. The van der Waals surface area contributed by atoms with Gasteiger partial charge in [-0.3, -0.25) is 0 Å². The van der Waals surface area contributed by atoms with Crippen molar-refractivity contribution in [1.29, 1.82) is 0 Å². The molecule has 2 unspecified atom stereocenters. The first-order valence-corrected chi connectivity index (χ1v) is 9.29. The van der Waals surface area contributed by atoms with E-state index in [4.69, 9.17) is 4.98 Å². The lowest BCUT2D eigenvalue weighted by Gasteiger charge is -2.32. The molecule has 3 aliphatic heterocycles. The molecule has 0 radical (unpaired) electrons. The van der Waals surface area contributed by atoms with Gasteiger partial charge in [-0.2, -0.15) is 0 Å². The van der Waals surface area contributed by atoms with Crippen LogP contribution < -0.4 is 16.0 Å². The number of anilines is 1. The van der Waals surface area contributed by atoms with E-state index in [0.717, 1.165) is 50.4 Å². The number of carbonyl (C=O) groups excluding carboxylic acids is 1. The number of carbonyl (C=O) groups is 1. The van der Waals surface area contributed by atoms with Crippen molar-refractivity contribution in [3.8, 4) is 0 Å². The molecule has 1 aromatic heterocycles. The van der Waals surface area contributed by atoms with Crippen molar-refractivity contribution in [2.75, 3.05) is 31.5 Å². The maximum absolute atomic E-state index is 12.3. The van der Waals surface area contributed by atoms with Gasteiger partial charge in [-0.05, 0) is 50.2 Å². The maximum Gasteiger partial charge on any atom is 0.317 e. The Morgan fingerprint density at radius 2 is 2.12 bits per heavy atom. The monoisotopic (exact) mass is 329 g/mol. The number of aromatic nitrogens is 1. The number of urea groups is 1. The lowest BCUT2D eigenvalue weighted by Crippen LogP contribution is -2.55. The minimum atomic E-state index is 0.0912. The number of fused-ring (bicyclic) bond motifs is 3. The third-order valence-corrected chi connectivity index (χ3v) is 5.34. The minimum absolute atomic E-state index is 0.0912. The molecule has 0 aliphatic carbocycles. The number of rotatable bonds is 4. The summed E-state index contributed by atoms with van der Waals surface area (Å²) < 4.78 is 0. The van der Waals surface area contributed by atoms with Crippen LogP contribution in [0.3, 0.4) is 0 Å². The number of likely N-dealkylation sites (tertiary alicyclic amines) is 1. The highest BCUT2D eigenvalue weighted by atomic mass is 16.2. The molecule has 0 spiro atoms. The molecular formula is C18H27N5O. The molecule has 1 aromatic rings. The largest absolute Gasteiger partial charge is 0.370 e. The zero-order valence-corrected chi connectivity index (χ0v) is 14.2. The van der Waals surface area contributed by atoms with Gasteiger partial charge in [0.15, 0.2) is 0 Å². The van der Waals surface area contributed by atoms with E-state index in [9.17, 15) is 4.79 Å². The molecule has 0 aromatic carbocycles.